The number of hydrogen-bond donors (Lipinski definition) is 1. The Balaban J connectivity index is 3.15. The summed E-state index contributed by atoms with van der Waals surface area (Å²) >= 11 is 0. The van der Waals surface area contributed by atoms with Crippen LogP contribution in [-0.4, -0.2) is 12.8 Å². The van der Waals surface area contributed by atoms with Gasteiger partial charge in [0, 0.05) is 17.8 Å². The van der Waals surface area contributed by atoms with Crippen molar-refractivity contribution in [2.75, 3.05) is 11.9 Å². The maximum absolute atomic E-state index is 12.3. The maximum Gasteiger partial charge on any atom is 0.416 e. The number of halogens is 3. The summed E-state index contributed by atoms with van der Waals surface area (Å²) in [6.45, 7) is 2.21. The van der Waals surface area contributed by atoms with Crippen LogP contribution in [0.3, 0.4) is 0 Å². The maximum atomic E-state index is 12.3. The van der Waals surface area contributed by atoms with Crippen molar-refractivity contribution in [2.24, 2.45) is 0 Å². The highest BCUT2D eigenvalue weighted by Gasteiger charge is 2.30. The van der Waals surface area contributed by atoms with E-state index in [-0.39, 0.29) is 11.3 Å². The van der Waals surface area contributed by atoms with Crippen molar-refractivity contribution in [2.45, 2.75) is 13.1 Å². The van der Waals surface area contributed by atoms with Crippen LogP contribution in [0.15, 0.2) is 18.2 Å². The van der Waals surface area contributed by atoms with Gasteiger partial charge >= 0.3 is 6.18 Å². The monoisotopic (exact) mass is 217 g/mol. The predicted molar refractivity (Wildman–Crippen MR) is 51.0 cm³/mol. The second kappa shape index (κ2) is 4.33. The summed E-state index contributed by atoms with van der Waals surface area (Å²) in [4.78, 5) is 10.5. The molecule has 1 N–H and O–H groups in total. The van der Waals surface area contributed by atoms with E-state index in [0.717, 1.165) is 18.2 Å². The van der Waals surface area contributed by atoms with Crippen LogP contribution in [0.25, 0.3) is 0 Å². The molecule has 82 valence electrons. The molecule has 0 aliphatic carbocycles. The summed E-state index contributed by atoms with van der Waals surface area (Å²) in [5, 5.41) is 2.71. The van der Waals surface area contributed by atoms with Gasteiger partial charge in [-0.2, -0.15) is 13.2 Å². The highest BCUT2D eigenvalue weighted by molar-refractivity contribution is 5.84. The molecule has 0 aromatic heterocycles. The van der Waals surface area contributed by atoms with Gasteiger partial charge in [0.1, 0.15) is 0 Å². The Morgan fingerprint density at radius 1 is 1.40 bits per heavy atom. The molecule has 0 spiro atoms. The fraction of sp³-hybridized carbons (Fsp3) is 0.300. The van der Waals surface area contributed by atoms with Crippen molar-refractivity contribution in [1.29, 1.82) is 0 Å². The van der Waals surface area contributed by atoms with Crippen LogP contribution in [-0.2, 0) is 6.18 Å². The third kappa shape index (κ3) is 2.71. The molecule has 0 bridgehead atoms. The van der Waals surface area contributed by atoms with E-state index in [2.05, 4.69) is 5.32 Å². The number of anilines is 1. The first-order chi connectivity index (χ1) is 6.99. The number of rotatable bonds is 3. The van der Waals surface area contributed by atoms with E-state index < -0.39 is 11.7 Å². The lowest BCUT2D eigenvalue weighted by atomic mass is 10.1. The second-order valence-electron chi connectivity index (χ2n) is 2.95. The van der Waals surface area contributed by atoms with Crippen LogP contribution < -0.4 is 5.32 Å². The zero-order valence-corrected chi connectivity index (χ0v) is 8.06. The van der Waals surface area contributed by atoms with Gasteiger partial charge in [0.15, 0.2) is 6.29 Å². The Morgan fingerprint density at radius 3 is 2.53 bits per heavy atom. The molecular formula is C10H10F3NO. The second-order valence-corrected chi connectivity index (χ2v) is 2.95. The standard InChI is InChI=1S/C10H10F3NO/c1-2-14-9-5-8(10(11,12)13)4-3-7(9)6-15/h3-6,14H,2H2,1H3. The SMILES string of the molecule is CCNc1cc(C(F)(F)F)ccc1C=O. The molecule has 0 heterocycles. The van der Waals surface area contributed by atoms with Gasteiger partial charge in [-0.3, -0.25) is 4.79 Å². The van der Waals surface area contributed by atoms with Gasteiger partial charge in [-0.05, 0) is 25.1 Å². The number of carbonyl (C=O) groups is 1. The third-order valence-electron chi connectivity index (χ3n) is 1.87. The van der Waals surface area contributed by atoms with Crippen molar-refractivity contribution < 1.29 is 18.0 Å². The van der Waals surface area contributed by atoms with E-state index >= 15 is 0 Å². The summed E-state index contributed by atoms with van der Waals surface area (Å²) < 4.78 is 37.0. The largest absolute Gasteiger partial charge is 0.416 e. The Labute approximate surface area is 85.1 Å². The minimum absolute atomic E-state index is 0.210. The minimum Gasteiger partial charge on any atom is -0.385 e. The molecule has 0 aliphatic rings. The van der Waals surface area contributed by atoms with Crippen molar-refractivity contribution >= 4 is 12.0 Å². The summed E-state index contributed by atoms with van der Waals surface area (Å²) in [5.74, 6) is 0. The van der Waals surface area contributed by atoms with Crippen molar-refractivity contribution in [1.82, 2.24) is 0 Å². The van der Waals surface area contributed by atoms with Crippen molar-refractivity contribution in [3.8, 4) is 0 Å². The number of alkyl halides is 3. The fourth-order valence-corrected chi connectivity index (χ4v) is 1.18. The molecule has 1 aromatic rings. The molecule has 0 fully saturated rings. The van der Waals surface area contributed by atoms with E-state index in [1.54, 1.807) is 6.92 Å². The number of hydrogen-bond acceptors (Lipinski definition) is 2. The minimum atomic E-state index is -4.38. The van der Waals surface area contributed by atoms with E-state index in [0.29, 0.717) is 12.8 Å². The molecule has 0 saturated carbocycles. The quantitative estimate of drug-likeness (QED) is 0.788. The summed E-state index contributed by atoms with van der Waals surface area (Å²) in [5.41, 5.74) is -0.323. The van der Waals surface area contributed by atoms with Crippen LogP contribution in [0, 0.1) is 0 Å². The van der Waals surface area contributed by atoms with Gasteiger partial charge in [0.25, 0.3) is 0 Å². The first kappa shape index (κ1) is 11.6. The average molecular weight is 217 g/mol. The Kier molecular flexibility index (Phi) is 3.34. The molecule has 0 atom stereocenters. The van der Waals surface area contributed by atoms with Gasteiger partial charge in [-0.1, -0.05) is 0 Å². The molecule has 0 radical (unpaired) electrons. The first-order valence-corrected chi connectivity index (χ1v) is 4.39. The topological polar surface area (TPSA) is 29.1 Å². The van der Waals surface area contributed by atoms with Crippen molar-refractivity contribution in [3.05, 3.63) is 29.3 Å². The first-order valence-electron chi connectivity index (χ1n) is 4.39. The molecule has 0 aliphatic heterocycles. The molecule has 5 heteroatoms. The predicted octanol–water partition coefficient (Wildman–Crippen LogP) is 2.95. The summed E-state index contributed by atoms with van der Waals surface area (Å²) in [6.07, 6.45) is -3.86. The van der Waals surface area contributed by atoms with Crippen LogP contribution in [0.4, 0.5) is 18.9 Å². The van der Waals surface area contributed by atoms with Gasteiger partial charge in [-0.15, -0.1) is 0 Å². The van der Waals surface area contributed by atoms with E-state index in [9.17, 15) is 18.0 Å². The molecule has 1 rings (SSSR count). The van der Waals surface area contributed by atoms with Gasteiger partial charge < -0.3 is 5.32 Å². The number of aldehydes is 1. The highest BCUT2D eigenvalue weighted by Crippen LogP contribution is 2.31. The van der Waals surface area contributed by atoms with E-state index in [1.165, 1.54) is 0 Å². The third-order valence-corrected chi connectivity index (χ3v) is 1.87. The van der Waals surface area contributed by atoms with Crippen LogP contribution >= 0.6 is 0 Å². The molecule has 1 aromatic carbocycles. The van der Waals surface area contributed by atoms with Crippen molar-refractivity contribution in [3.63, 3.8) is 0 Å². The van der Waals surface area contributed by atoms with Gasteiger partial charge in [0.2, 0.25) is 0 Å². The van der Waals surface area contributed by atoms with Crippen LogP contribution in [0.5, 0.6) is 0 Å². The van der Waals surface area contributed by atoms with Gasteiger partial charge in [0.05, 0.1) is 5.56 Å². The van der Waals surface area contributed by atoms with Crippen LogP contribution in [0.1, 0.15) is 22.8 Å². The highest BCUT2D eigenvalue weighted by atomic mass is 19.4. The number of nitrogens with one attached hydrogen (secondary N) is 1. The Bertz CT molecular complexity index is 360. The lowest BCUT2D eigenvalue weighted by molar-refractivity contribution is -0.137. The molecule has 0 amide bonds. The van der Waals surface area contributed by atoms with Gasteiger partial charge in [-0.25, -0.2) is 0 Å². The lowest BCUT2D eigenvalue weighted by Crippen LogP contribution is -2.08. The zero-order valence-electron chi connectivity index (χ0n) is 8.06. The number of carbonyl (C=O) groups excluding carboxylic acids is 1. The molecule has 15 heavy (non-hydrogen) atoms. The molecular weight excluding hydrogens is 207 g/mol. The summed E-state index contributed by atoms with van der Waals surface area (Å²) in [7, 11) is 0. The lowest BCUT2D eigenvalue weighted by Gasteiger charge is -2.11. The van der Waals surface area contributed by atoms with E-state index in [4.69, 9.17) is 0 Å². The average Bonchev–Trinajstić information content (AvgIpc) is 2.17. The smallest absolute Gasteiger partial charge is 0.385 e. The molecule has 2 nitrogen and oxygen atoms in total. The molecule has 0 saturated heterocycles. The normalized spacial score (nSPS) is 11.2. The van der Waals surface area contributed by atoms with Crippen LogP contribution in [0.2, 0.25) is 0 Å². The van der Waals surface area contributed by atoms with E-state index in [1.807, 2.05) is 0 Å². The Morgan fingerprint density at radius 2 is 2.07 bits per heavy atom. The Hall–Kier alpha value is -1.52. The molecule has 0 unspecified atom stereocenters. The fourth-order valence-electron chi connectivity index (χ4n) is 1.18. The number of benzene rings is 1. The zero-order chi connectivity index (χ0) is 11.5. The summed E-state index contributed by atoms with van der Waals surface area (Å²) in [6, 6.07) is 2.99.